The van der Waals surface area contributed by atoms with E-state index in [0.717, 1.165) is 25.3 Å². The Labute approximate surface area is 122 Å². The third-order valence-electron chi connectivity index (χ3n) is 5.14. The summed E-state index contributed by atoms with van der Waals surface area (Å²) in [7, 11) is 0. The van der Waals surface area contributed by atoms with Gasteiger partial charge in [0.15, 0.2) is 0 Å². The van der Waals surface area contributed by atoms with Crippen molar-refractivity contribution in [1.82, 2.24) is 5.32 Å². The molecule has 1 aromatic rings. The van der Waals surface area contributed by atoms with Crippen molar-refractivity contribution in [2.24, 2.45) is 5.92 Å². The van der Waals surface area contributed by atoms with E-state index in [2.05, 4.69) is 36.5 Å². The minimum absolute atomic E-state index is 0.0442. The second-order valence-corrected chi connectivity index (χ2v) is 6.87. The molecule has 2 N–H and O–H groups in total. The van der Waals surface area contributed by atoms with Gasteiger partial charge in [0.05, 0.1) is 6.10 Å². The Balaban J connectivity index is 1.39. The van der Waals surface area contributed by atoms with E-state index in [9.17, 15) is 5.11 Å². The zero-order chi connectivity index (χ0) is 13.9. The summed E-state index contributed by atoms with van der Waals surface area (Å²) in [4.78, 5) is 0. The summed E-state index contributed by atoms with van der Waals surface area (Å²) in [5.41, 5.74) is 2.85. The highest BCUT2D eigenvalue weighted by atomic mass is 16.3. The number of hydrogen-bond donors (Lipinski definition) is 2. The molecule has 2 unspecified atom stereocenters. The smallest absolute Gasteiger partial charge is 0.0543 e. The van der Waals surface area contributed by atoms with Gasteiger partial charge in [-0.05, 0) is 63.0 Å². The highest BCUT2D eigenvalue weighted by Gasteiger charge is 2.30. The van der Waals surface area contributed by atoms with Crippen molar-refractivity contribution < 1.29 is 5.11 Å². The lowest BCUT2D eigenvalue weighted by molar-refractivity contribution is 0.0976. The van der Waals surface area contributed by atoms with Gasteiger partial charge in [-0.3, -0.25) is 0 Å². The van der Waals surface area contributed by atoms with Crippen molar-refractivity contribution in [1.29, 1.82) is 0 Å². The van der Waals surface area contributed by atoms with Gasteiger partial charge in [-0.15, -0.1) is 0 Å². The van der Waals surface area contributed by atoms with Crippen molar-refractivity contribution in [3.63, 3.8) is 0 Å². The van der Waals surface area contributed by atoms with Crippen LogP contribution in [0.3, 0.4) is 0 Å². The molecule has 0 radical (unpaired) electrons. The summed E-state index contributed by atoms with van der Waals surface area (Å²) in [6.07, 6.45) is 7.01. The summed E-state index contributed by atoms with van der Waals surface area (Å²) in [5, 5.41) is 13.4. The molecule has 0 spiro atoms. The van der Waals surface area contributed by atoms with Crippen LogP contribution in [0.4, 0.5) is 0 Å². The van der Waals surface area contributed by atoms with Gasteiger partial charge < -0.3 is 10.4 Å². The number of aliphatic hydroxyl groups excluding tert-OH is 1. The molecule has 3 rings (SSSR count). The lowest BCUT2D eigenvalue weighted by atomic mass is 9.75. The zero-order valence-electron chi connectivity index (χ0n) is 12.5. The number of nitrogens with one attached hydrogen (secondary N) is 1. The van der Waals surface area contributed by atoms with E-state index in [1.807, 2.05) is 0 Å². The largest absolute Gasteiger partial charge is 0.393 e. The van der Waals surface area contributed by atoms with Crippen molar-refractivity contribution in [3.05, 3.63) is 35.4 Å². The van der Waals surface area contributed by atoms with Crippen LogP contribution in [0, 0.1) is 12.8 Å². The van der Waals surface area contributed by atoms with Crippen LogP contribution in [0.1, 0.15) is 55.6 Å². The van der Waals surface area contributed by atoms with E-state index in [-0.39, 0.29) is 6.10 Å². The summed E-state index contributed by atoms with van der Waals surface area (Å²) >= 11 is 0. The van der Waals surface area contributed by atoms with Gasteiger partial charge in [0.2, 0.25) is 0 Å². The molecular formula is C18H27NO. The van der Waals surface area contributed by atoms with Gasteiger partial charge in [-0.25, -0.2) is 0 Å². The number of hydrogen-bond acceptors (Lipinski definition) is 2. The molecular weight excluding hydrogens is 246 g/mol. The summed E-state index contributed by atoms with van der Waals surface area (Å²) in [6, 6.07) is 9.71. The molecule has 2 aliphatic rings. The third-order valence-corrected chi connectivity index (χ3v) is 5.14. The average Bonchev–Trinajstić information content (AvgIpc) is 2.39. The predicted molar refractivity (Wildman–Crippen MR) is 82.9 cm³/mol. The highest BCUT2D eigenvalue weighted by Crippen LogP contribution is 2.37. The molecule has 0 bridgehead atoms. The molecule has 2 saturated carbocycles. The van der Waals surface area contributed by atoms with Gasteiger partial charge in [-0.1, -0.05) is 36.2 Å². The van der Waals surface area contributed by atoms with Gasteiger partial charge in [0.1, 0.15) is 0 Å². The number of aryl methyl sites for hydroxylation is 1. The van der Waals surface area contributed by atoms with Crippen LogP contribution < -0.4 is 5.32 Å². The number of rotatable bonds is 4. The molecule has 2 atom stereocenters. The minimum atomic E-state index is -0.0442. The first-order valence-electron chi connectivity index (χ1n) is 8.18. The van der Waals surface area contributed by atoms with Crippen LogP contribution in [0.15, 0.2) is 24.3 Å². The van der Waals surface area contributed by atoms with E-state index < -0.39 is 0 Å². The van der Waals surface area contributed by atoms with E-state index in [4.69, 9.17) is 0 Å². The van der Waals surface area contributed by atoms with E-state index in [1.165, 1.54) is 36.8 Å². The third kappa shape index (κ3) is 3.42. The summed E-state index contributed by atoms with van der Waals surface area (Å²) < 4.78 is 0. The van der Waals surface area contributed by atoms with Crippen molar-refractivity contribution >= 4 is 0 Å². The molecule has 110 valence electrons. The quantitative estimate of drug-likeness (QED) is 0.881. The molecule has 0 saturated heterocycles. The van der Waals surface area contributed by atoms with Crippen LogP contribution >= 0.6 is 0 Å². The molecule has 2 heteroatoms. The average molecular weight is 273 g/mol. The van der Waals surface area contributed by atoms with Crippen molar-refractivity contribution in [2.75, 3.05) is 6.54 Å². The maximum atomic E-state index is 9.70. The lowest BCUT2D eigenvalue weighted by Gasteiger charge is -2.38. The molecule has 0 aromatic heterocycles. The Morgan fingerprint density at radius 2 is 1.85 bits per heavy atom. The van der Waals surface area contributed by atoms with Crippen molar-refractivity contribution in [3.8, 4) is 0 Å². The van der Waals surface area contributed by atoms with Crippen LogP contribution in [0.25, 0.3) is 0 Å². The van der Waals surface area contributed by atoms with E-state index in [1.54, 1.807) is 0 Å². The molecule has 0 heterocycles. The molecule has 20 heavy (non-hydrogen) atoms. The Kier molecular flexibility index (Phi) is 4.42. The number of benzene rings is 1. The first-order chi connectivity index (χ1) is 9.70. The van der Waals surface area contributed by atoms with Gasteiger partial charge >= 0.3 is 0 Å². The van der Waals surface area contributed by atoms with Gasteiger partial charge in [0.25, 0.3) is 0 Å². The second kappa shape index (κ2) is 6.28. The Morgan fingerprint density at radius 1 is 1.10 bits per heavy atom. The first kappa shape index (κ1) is 14.1. The molecule has 2 nitrogen and oxygen atoms in total. The second-order valence-electron chi connectivity index (χ2n) is 6.87. The highest BCUT2D eigenvalue weighted by molar-refractivity contribution is 5.26. The fraction of sp³-hybridized carbons (Fsp3) is 0.667. The SMILES string of the molecule is Cc1ccc(C2CC(NCC3CCCC(O)C3)C2)cc1. The maximum Gasteiger partial charge on any atom is 0.0543 e. The standard InChI is InChI=1S/C18H27NO/c1-13-5-7-15(8-6-13)16-10-17(11-16)19-12-14-3-2-4-18(20)9-14/h5-8,14,16-20H,2-4,9-12H2,1H3. The predicted octanol–water partition coefficient (Wildman–Crippen LogP) is 3.38. The topological polar surface area (TPSA) is 32.3 Å². The molecule has 2 fully saturated rings. The minimum Gasteiger partial charge on any atom is -0.393 e. The number of aliphatic hydroxyl groups is 1. The monoisotopic (exact) mass is 273 g/mol. The molecule has 2 aliphatic carbocycles. The Bertz CT molecular complexity index is 422. The van der Waals surface area contributed by atoms with Gasteiger partial charge in [-0.2, -0.15) is 0 Å². The van der Waals surface area contributed by atoms with E-state index >= 15 is 0 Å². The summed E-state index contributed by atoms with van der Waals surface area (Å²) in [6.45, 7) is 3.25. The first-order valence-corrected chi connectivity index (χ1v) is 8.18. The lowest BCUT2D eigenvalue weighted by Crippen LogP contribution is -2.43. The maximum absolute atomic E-state index is 9.70. The summed E-state index contributed by atoms with van der Waals surface area (Å²) in [5.74, 6) is 1.45. The fourth-order valence-corrected chi connectivity index (χ4v) is 3.68. The Morgan fingerprint density at radius 3 is 2.55 bits per heavy atom. The fourth-order valence-electron chi connectivity index (χ4n) is 3.68. The van der Waals surface area contributed by atoms with Crippen LogP contribution in [0.2, 0.25) is 0 Å². The van der Waals surface area contributed by atoms with Crippen LogP contribution in [-0.4, -0.2) is 23.8 Å². The van der Waals surface area contributed by atoms with Gasteiger partial charge in [0, 0.05) is 6.04 Å². The van der Waals surface area contributed by atoms with Crippen molar-refractivity contribution in [2.45, 2.75) is 63.5 Å². The van der Waals surface area contributed by atoms with E-state index in [0.29, 0.717) is 12.0 Å². The molecule has 0 aliphatic heterocycles. The van der Waals surface area contributed by atoms with Crippen LogP contribution in [-0.2, 0) is 0 Å². The normalized spacial score (nSPS) is 33.7. The zero-order valence-corrected chi connectivity index (χ0v) is 12.5. The molecule has 1 aromatic carbocycles. The Hall–Kier alpha value is -0.860. The molecule has 0 amide bonds. The van der Waals surface area contributed by atoms with Crippen LogP contribution in [0.5, 0.6) is 0 Å².